The highest BCUT2D eigenvalue weighted by molar-refractivity contribution is 7.95. The summed E-state index contributed by atoms with van der Waals surface area (Å²) < 4.78 is 4.92. The summed E-state index contributed by atoms with van der Waals surface area (Å²) in [5.74, 6) is -0.339. The second-order valence-corrected chi connectivity index (χ2v) is 4.51. The van der Waals surface area contributed by atoms with Crippen molar-refractivity contribution in [3.05, 3.63) is 12.7 Å². The summed E-state index contributed by atoms with van der Waals surface area (Å²) in [5.41, 5.74) is 0.00509. The molecule has 1 unspecified atom stereocenters. The summed E-state index contributed by atoms with van der Waals surface area (Å²) in [5, 5.41) is 0. The Morgan fingerprint density at radius 1 is 1.64 bits per heavy atom. The van der Waals surface area contributed by atoms with Crippen LogP contribution in [-0.2, 0) is 20.4 Å². The SMILES string of the molecule is C=CC(=O)OC(C)[S+](C)C.[Cl-]. The average molecular weight is 197 g/mol. The van der Waals surface area contributed by atoms with Crippen LogP contribution in [0, 0.1) is 0 Å². The molecule has 0 rings (SSSR count). The molecule has 0 saturated carbocycles. The van der Waals surface area contributed by atoms with Gasteiger partial charge in [0.2, 0.25) is 0 Å². The van der Waals surface area contributed by atoms with E-state index in [0.717, 1.165) is 0 Å². The Hall–Kier alpha value is -0.150. The van der Waals surface area contributed by atoms with Gasteiger partial charge in [0.25, 0.3) is 5.44 Å². The molecule has 0 heterocycles. The molecule has 4 heteroatoms. The number of ether oxygens (including phenoxy) is 1. The Morgan fingerprint density at radius 2 is 2.09 bits per heavy atom. The first-order valence-corrected chi connectivity index (χ1v) is 5.07. The molecule has 11 heavy (non-hydrogen) atoms. The van der Waals surface area contributed by atoms with E-state index in [9.17, 15) is 4.79 Å². The predicted octanol–water partition coefficient (Wildman–Crippen LogP) is -2.06. The number of rotatable bonds is 3. The maximum Gasteiger partial charge on any atom is 0.334 e. The molecule has 0 aromatic rings. The summed E-state index contributed by atoms with van der Waals surface area (Å²) in [7, 11) is 0.127. The summed E-state index contributed by atoms with van der Waals surface area (Å²) in [6.45, 7) is 5.18. The van der Waals surface area contributed by atoms with Crippen molar-refractivity contribution >= 4 is 16.9 Å². The zero-order chi connectivity index (χ0) is 8.15. The summed E-state index contributed by atoms with van der Waals surface area (Å²) in [4.78, 5) is 10.6. The molecule has 0 aromatic carbocycles. The van der Waals surface area contributed by atoms with Crippen molar-refractivity contribution in [2.45, 2.75) is 12.4 Å². The van der Waals surface area contributed by atoms with Gasteiger partial charge in [0.15, 0.2) is 0 Å². The number of esters is 1. The van der Waals surface area contributed by atoms with Crippen LogP contribution in [0.1, 0.15) is 6.92 Å². The molecule has 1 atom stereocenters. The van der Waals surface area contributed by atoms with Crippen molar-refractivity contribution in [2.24, 2.45) is 0 Å². The van der Waals surface area contributed by atoms with E-state index in [-0.39, 0.29) is 34.7 Å². The molecule has 66 valence electrons. The first-order valence-electron chi connectivity index (χ1n) is 2.97. The molecule has 2 nitrogen and oxygen atoms in total. The molecule has 0 N–H and O–H groups in total. The summed E-state index contributed by atoms with van der Waals surface area (Å²) >= 11 is 0. The maximum atomic E-state index is 10.6. The molecular formula is C7H13ClO2S. The Morgan fingerprint density at radius 3 is 2.36 bits per heavy atom. The van der Waals surface area contributed by atoms with Gasteiger partial charge in [-0.15, -0.1) is 0 Å². The van der Waals surface area contributed by atoms with Crippen molar-refractivity contribution in [3.8, 4) is 0 Å². The quantitative estimate of drug-likeness (QED) is 0.295. The third-order valence-corrected chi connectivity index (χ3v) is 2.54. The zero-order valence-corrected chi connectivity index (χ0v) is 8.54. The highest BCUT2D eigenvalue weighted by Crippen LogP contribution is 2.00. The van der Waals surface area contributed by atoms with E-state index in [2.05, 4.69) is 6.58 Å². The average Bonchev–Trinajstić information content (AvgIpc) is 1.87. The molecule has 0 aromatic heterocycles. The topological polar surface area (TPSA) is 26.3 Å². The highest BCUT2D eigenvalue weighted by Gasteiger charge is 2.17. The fourth-order valence-electron chi connectivity index (χ4n) is 0.308. The molecule has 0 spiro atoms. The van der Waals surface area contributed by atoms with Crippen molar-refractivity contribution < 1.29 is 21.9 Å². The fourth-order valence-corrected chi connectivity index (χ4v) is 0.595. The van der Waals surface area contributed by atoms with Crippen molar-refractivity contribution in [1.82, 2.24) is 0 Å². The molecule has 0 radical (unpaired) electrons. The second-order valence-electron chi connectivity index (χ2n) is 2.09. The first-order chi connectivity index (χ1) is 4.57. The molecular weight excluding hydrogens is 184 g/mol. The smallest absolute Gasteiger partial charge is 0.334 e. The van der Waals surface area contributed by atoms with Crippen molar-refractivity contribution in [3.63, 3.8) is 0 Å². The van der Waals surface area contributed by atoms with Gasteiger partial charge in [0.1, 0.15) is 12.5 Å². The lowest BCUT2D eigenvalue weighted by Crippen LogP contribution is -3.00. The Balaban J connectivity index is 0. The second kappa shape index (κ2) is 6.55. The van der Waals surface area contributed by atoms with Gasteiger partial charge in [-0.05, 0) is 0 Å². The minimum Gasteiger partial charge on any atom is -1.00 e. The Kier molecular flexibility index (Phi) is 8.01. The Labute approximate surface area is 76.8 Å². The van der Waals surface area contributed by atoms with Crippen LogP contribution in [0.2, 0.25) is 0 Å². The van der Waals surface area contributed by atoms with Crippen LogP contribution in [0.15, 0.2) is 12.7 Å². The lowest BCUT2D eigenvalue weighted by molar-refractivity contribution is -0.138. The van der Waals surface area contributed by atoms with Gasteiger partial charge in [-0.3, -0.25) is 0 Å². The third-order valence-electron chi connectivity index (χ3n) is 1.11. The number of carbonyl (C=O) groups is 1. The van der Waals surface area contributed by atoms with E-state index >= 15 is 0 Å². The highest BCUT2D eigenvalue weighted by atomic mass is 35.5. The molecule has 0 aliphatic rings. The predicted molar refractivity (Wildman–Crippen MR) is 45.0 cm³/mol. The van der Waals surface area contributed by atoms with Crippen LogP contribution in [0.3, 0.4) is 0 Å². The monoisotopic (exact) mass is 196 g/mol. The standard InChI is InChI=1S/C7H13O2S.ClH/c1-5-7(8)9-6(2)10(3)4;/h5-6H,1H2,2-4H3;1H/q+1;/p-1. The summed E-state index contributed by atoms with van der Waals surface area (Å²) in [6, 6.07) is 0. The van der Waals surface area contributed by atoms with Gasteiger partial charge in [-0.25, -0.2) is 4.79 Å². The first kappa shape index (κ1) is 13.4. The largest absolute Gasteiger partial charge is 1.00 e. The molecule has 0 fully saturated rings. The van der Waals surface area contributed by atoms with Crippen LogP contribution in [0.5, 0.6) is 0 Å². The van der Waals surface area contributed by atoms with E-state index in [1.54, 1.807) is 0 Å². The van der Waals surface area contributed by atoms with Gasteiger partial charge in [-0.1, -0.05) is 6.58 Å². The van der Waals surface area contributed by atoms with Crippen molar-refractivity contribution in [2.75, 3.05) is 12.5 Å². The maximum absolute atomic E-state index is 10.6. The van der Waals surface area contributed by atoms with Crippen LogP contribution in [-0.4, -0.2) is 23.9 Å². The van der Waals surface area contributed by atoms with Crippen molar-refractivity contribution in [1.29, 1.82) is 0 Å². The molecule has 0 aliphatic heterocycles. The lowest BCUT2D eigenvalue weighted by Gasteiger charge is -2.06. The third kappa shape index (κ3) is 6.26. The van der Waals surface area contributed by atoms with E-state index in [1.807, 2.05) is 19.4 Å². The lowest BCUT2D eigenvalue weighted by atomic mass is 10.6. The van der Waals surface area contributed by atoms with E-state index in [4.69, 9.17) is 4.74 Å². The van der Waals surface area contributed by atoms with Gasteiger partial charge >= 0.3 is 5.97 Å². The number of hydrogen-bond acceptors (Lipinski definition) is 2. The van der Waals surface area contributed by atoms with Gasteiger partial charge in [-0.2, -0.15) is 0 Å². The Bertz CT molecular complexity index is 136. The normalized spacial score (nSPS) is 11.6. The fraction of sp³-hybridized carbons (Fsp3) is 0.571. The minimum absolute atomic E-state index is 0. The van der Waals surface area contributed by atoms with E-state index in [1.165, 1.54) is 6.08 Å². The van der Waals surface area contributed by atoms with Crippen LogP contribution in [0.25, 0.3) is 0 Å². The van der Waals surface area contributed by atoms with Crippen LogP contribution >= 0.6 is 0 Å². The van der Waals surface area contributed by atoms with Crippen LogP contribution < -0.4 is 12.4 Å². The van der Waals surface area contributed by atoms with E-state index in [0.29, 0.717) is 0 Å². The number of hydrogen-bond donors (Lipinski definition) is 0. The van der Waals surface area contributed by atoms with Gasteiger partial charge < -0.3 is 17.1 Å². The van der Waals surface area contributed by atoms with Gasteiger partial charge in [0, 0.05) is 23.9 Å². The molecule has 0 saturated heterocycles. The molecule has 0 amide bonds. The minimum atomic E-state index is -0.339. The van der Waals surface area contributed by atoms with E-state index < -0.39 is 0 Å². The number of halogens is 1. The molecule has 0 bridgehead atoms. The van der Waals surface area contributed by atoms with Crippen LogP contribution in [0.4, 0.5) is 0 Å². The summed E-state index contributed by atoms with van der Waals surface area (Å²) in [6.07, 6.45) is 5.24. The number of carbonyl (C=O) groups excluding carboxylic acids is 1. The molecule has 0 aliphatic carbocycles. The van der Waals surface area contributed by atoms with Gasteiger partial charge in [0.05, 0.1) is 0 Å². The zero-order valence-electron chi connectivity index (χ0n) is 6.96.